The molecule has 0 saturated carbocycles. The lowest BCUT2D eigenvalue weighted by Gasteiger charge is -2.37. The van der Waals surface area contributed by atoms with Gasteiger partial charge in [0, 0.05) is 31.3 Å². The Morgan fingerprint density at radius 1 is 1.14 bits per heavy atom. The number of hydrogen-bond acceptors (Lipinski definition) is 6. The summed E-state index contributed by atoms with van der Waals surface area (Å²) in [5.41, 5.74) is 2.92. The molecular weight excluding hydrogens is 490 g/mol. The van der Waals surface area contributed by atoms with Gasteiger partial charge in [0.2, 0.25) is 15.9 Å². The molecule has 1 amide bonds. The number of carbonyl (C=O) groups excluding carboxylic acids is 1. The number of likely N-dealkylation sites (N-methyl/N-ethyl adjacent to an activating group) is 1. The molecule has 0 spiro atoms. The molecule has 196 valence electrons. The Labute approximate surface area is 218 Å². The molecule has 1 aliphatic heterocycles. The molecule has 37 heavy (non-hydrogen) atoms. The maximum absolute atomic E-state index is 13.6. The number of nitrogens with zero attached hydrogens (tertiary/aromatic N) is 3. The molecule has 1 N–H and O–H groups in total. The summed E-state index contributed by atoms with van der Waals surface area (Å²) in [6.45, 7) is 5.74. The van der Waals surface area contributed by atoms with Crippen LogP contribution in [0.15, 0.2) is 71.8 Å². The monoisotopic (exact) mass is 523 g/mol. The molecule has 4 rings (SSSR count). The van der Waals surface area contributed by atoms with Crippen LogP contribution in [0.1, 0.15) is 29.8 Å². The number of benzene rings is 2. The number of sulfonamides is 1. The minimum atomic E-state index is -3.75. The number of pyridine rings is 1. The van der Waals surface area contributed by atoms with Gasteiger partial charge in [-0.3, -0.25) is 4.79 Å². The van der Waals surface area contributed by atoms with Crippen molar-refractivity contribution in [2.24, 2.45) is 5.92 Å². The van der Waals surface area contributed by atoms with E-state index in [2.05, 4.69) is 4.98 Å². The second kappa shape index (κ2) is 11.0. The molecule has 0 aliphatic carbocycles. The minimum Gasteiger partial charge on any atom is -0.472 e. The van der Waals surface area contributed by atoms with Crippen LogP contribution < -0.4 is 4.74 Å². The van der Waals surface area contributed by atoms with Gasteiger partial charge < -0.3 is 14.7 Å². The van der Waals surface area contributed by atoms with Crippen molar-refractivity contribution in [1.82, 2.24) is 14.2 Å². The number of aromatic nitrogens is 1. The third-order valence-electron chi connectivity index (χ3n) is 6.79. The molecule has 2 aromatic carbocycles. The van der Waals surface area contributed by atoms with Crippen LogP contribution in [0.5, 0.6) is 5.88 Å². The highest BCUT2D eigenvalue weighted by atomic mass is 32.2. The highest BCUT2D eigenvalue weighted by Crippen LogP contribution is 2.30. The summed E-state index contributed by atoms with van der Waals surface area (Å²) in [6, 6.07) is 17.6. The van der Waals surface area contributed by atoms with Crippen molar-refractivity contribution >= 4 is 15.9 Å². The number of aliphatic hydroxyl groups is 1. The van der Waals surface area contributed by atoms with Crippen LogP contribution in [0, 0.1) is 12.8 Å². The predicted octanol–water partition coefficient (Wildman–Crippen LogP) is 3.60. The molecule has 0 saturated heterocycles. The van der Waals surface area contributed by atoms with Gasteiger partial charge in [-0.2, -0.15) is 4.31 Å². The zero-order valence-electron chi connectivity index (χ0n) is 21.5. The lowest BCUT2D eigenvalue weighted by molar-refractivity contribution is 0.0373. The van der Waals surface area contributed by atoms with Gasteiger partial charge in [-0.05, 0) is 37.6 Å². The van der Waals surface area contributed by atoms with E-state index in [1.807, 2.05) is 44.2 Å². The van der Waals surface area contributed by atoms with Gasteiger partial charge in [-0.1, -0.05) is 55.0 Å². The van der Waals surface area contributed by atoms with Crippen LogP contribution in [0.25, 0.3) is 11.1 Å². The summed E-state index contributed by atoms with van der Waals surface area (Å²) in [4.78, 5) is 19.9. The normalized spacial score (nSPS) is 19.1. The molecule has 0 radical (unpaired) electrons. The third-order valence-corrected chi connectivity index (χ3v) is 8.63. The van der Waals surface area contributed by atoms with Crippen molar-refractivity contribution in [2.45, 2.75) is 37.8 Å². The van der Waals surface area contributed by atoms with E-state index in [9.17, 15) is 18.3 Å². The lowest BCUT2D eigenvalue weighted by atomic mass is 9.99. The minimum absolute atomic E-state index is 0.0640. The Kier molecular flexibility index (Phi) is 7.96. The van der Waals surface area contributed by atoms with Crippen LogP contribution in [-0.4, -0.2) is 72.5 Å². The first-order chi connectivity index (χ1) is 17.6. The van der Waals surface area contributed by atoms with Crippen molar-refractivity contribution in [1.29, 1.82) is 0 Å². The molecule has 2 heterocycles. The topological polar surface area (TPSA) is 100 Å². The molecule has 0 unspecified atom stereocenters. The maximum Gasteiger partial charge on any atom is 0.259 e. The summed E-state index contributed by atoms with van der Waals surface area (Å²) in [6.07, 6.45) is 1.07. The van der Waals surface area contributed by atoms with E-state index in [1.54, 1.807) is 48.4 Å². The smallest absolute Gasteiger partial charge is 0.259 e. The molecule has 1 aliphatic rings. The molecule has 3 atom stereocenters. The molecule has 0 fully saturated rings. The number of hydrogen-bond donors (Lipinski definition) is 1. The standard InChI is InChI=1S/C28H33N3O5S/c1-19-10-12-24(13-11-19)37(34,35)30(4)17-26-20(2)16-31(21(3)18-32)28(33)25-14-23(15-29-27(25)36-26)22-8-6-5-7-9-22/h5-15,20-21,26,32H,16-18H2,1-4H3/t20-,21-,26-/m0/s1. The van der Waals surface area contributed by atoms with Crippen molar-refractivity contribution in [3.63, 3.8) is 0 Å². The average Bonchev–Trinajstić information content (AvgIpc) is 2.90. The molecule has 8 nitrogen and oxygen atoms in total. The summed E-state index contributed by atoms with van der Waals surface area (Å²) in [5.74, 6) is -0.373. The predicted molar refractivity (Wildman–Crippen MR) is 142 cm³/mol. The van der Waals surface area contributed by atoms with E-state index >= 15 is 0 Å². The molecule has 9 heteroatoms. The van der Waals surface area contributed by atoms with Gasteiger partial charge in [0.05, 0.1) is 24.1 Å². The van der Waals surface area contributed by atoms with Crippen molar-refractivity contribution < 1.29 is 23.1 Å². The summed E-state index contributed by atoms with van der Waals surface area (Å²) >= 11 is 0. The third kappa shape index (κ3) is 5.69. The summed E-state index contributed by atoms with van der Waals surface area (Å²) < 4.78 is 34.0. The number of ether oxygens (including phenoxy) is 1. The Hall–Kier alpha value is -3.27. The number of aliphatic hydroxyl groups excluding tert-OH is 1. The largest absolute Gasteiger partial charge is 0.472 e. The Bertz CT molecular complexity index is 1350. The van der Waals surface area contributed by atoms with E-state index in [0.717, 1.165) is 16.7 Å². The fourth-order valence-electron chi connectivity index (χ4n) is 4.35. The Morgan fingerprint density at radius 2 is 1.81 bits per heavy atom. The van der Waals surface area contributed by atoms with Gasteiger partial charge >= 0.3 is 0 Å². The van der Waals surface area contributed by atoms with Crippen LogP contribution in [0.4, 0.5) is 0 Å². The van der Waals surface area contributed by atoms with Crippen molar-refractivity contribution in [2.75, 3.05) is 26.7 Å². The second-order valence-electron chi connectivity index (χ2n) is 9.66. The SMILES string of the molecule is Cc1ccc(S(=O)(=O)N(C)C[C@@H]2Oc3ncc(-c4ccccc4)cc3C(=O)N([C@@H](C)CO)C[C@@H]2C)cc1. The Balaban J connectivity index is 1.70. The zero-order valence-corrected chi connectivity index (χ0v) is 22.4. The number of aryl methyl sites for hydroxylation is 1. The van der Waals surface area contributed by atoms with Crippen molar-refractivity contribution in [3.8, 4) is 17.0 Å². The average molecular weight is 524 g/mol. The maximum atomic E-state index is 13.6. The highest BCUT2D eigenvalue weighted by Gasteiger charge is 2.36. The highest BCUT2D eigenvalue weighted by molar-refractivity contribution is 7.89. The second-order valence-corrected chi connectivity index (χ2v) is 11.7. The van der Waals surface area contributed by atoms with E-state index in [4.69, 9.17) is 4.74 Å². The number of rotatable bonds is 7. The number of carbonyl (C=O) groups is 1. The van der Waals surface area contributed by atoms with Gasteiger partial charge in [-0.15, -0.1) is 0 Å². The first-order valence-corrected chi connectivity index (χ1v) is 13.7. The molecule has 1 aromatic heterocycles. The fraction of sp³-hybridized carbons (Fsp3) is 0.357. The molecular formula is C28H33N3O5S. The first kappa shape index (κ1) is 26.8. The van der Waals surface area contributed by atoms with Crippen LogP contribution >= 0.6 is 0 Å². The van der Waals surface area contributed by atoms with E-state index < -0.39 is 22.2 Å². The van der Waals surface area contributed by atoms with Gasteiger partial charge in [-0.25, -0.2) is 13.4 Å². The fourth-order valence-corrected chi connectivity index (χ4v) is 5.53. The van der Waals surface area contributed by atoms with E-state index in [-0.39, 0.29) is 41.3 Å². The van der Waals surface area contributed by atoms with Gasteiger partial charge in [0.25, 0.3) is 5.91 Å². The first-order valence-electron chi connectivity index (χ1n) is 12.3. The van der Waals surface area contributed by atoms with Crippen LogP contribution in [-0.2, 0) is 10.0 Å². The number of amides is 1. The van der Waals surface area contributed by atoms with E-state index in [1.165, 1.54) is 11.4 Å². The van der Waals surface area contributed by atoms with Crippen LogP contribution in [0.2, 0.25) is 0 Å². The van der Waals surface area contributed by atoms with Gasteiger partial charge in [0.1, 0.15) is 11.7 Å². The van der Waals surface area contributed by atoms with E-state index in [0.29, 0.717) is 6.54 Å². The van der Waals surface area contributed by atoms with Crippen LogP contribution in [0.3, 0.4) is 0 Å². The number of fused-ring (bicyclic) bond motifs is 1. The Morgan fingerprint density at radius 3 is 2.46 bits per heavy atom. The zero-order chi connectivity index (χ0) is 26.7. The van der Waals surface area contributed by atoms with Gasteiger partial charge in [0.15, 0.2) is 0 Å². The summed E-state index contributed by atoms with van der Waals surface area (Å²) in [5, 5.41) is 9.87. The van der Waals surface area contributed by atoms with Crippen molar-refractivity contribution in [3.05, 3.63) is 78.0 Å². The quantitative estimate of drug-likeness (QED) is 0.508. The molecule has 0 bridgehead atoms. The molecule has 3 aromatic rings. The summed E-state index contributed by atoms with van der Waals surface area (Å²) in [7, 11) is -2.23. The lowest BCUT2D eigenvalue weighted by Crippen LogP contribution is -2.50.